The van der Waals surface area contributed by atoms with Crippen LogP contribution < -0.4 is 9.62 Å². The van der Waals surface area contributed by atoms with Crippen LogP contribution in [0.5, 0.6) is 0 Å². The van der Waals surface area contributed by atoms with Crippen molar-refractivity contribution in [1.29, 1.82) is 0 Å². The first-order valence-electron chi connectivity index (χ1n) is 10.4. The Morgan fingerprint density at radius 1 is 1.12 bits per heavy atom. The van der Waals surface area contributed by atoms with Crippen LogP contribution in [0.15, 0.2) is 65.6 Å². The lowest BCUT2D eigenvalue weighted by atomic mass is 10.0. The van der Waals surface area contributed by atoms with Gasteiger partial charge in [-0.05, 0) is 73.4 Å². The van der Waals surface area contributed by atoms with Crippen molar-refractivity contribution >= 4 is 59.9 Å². The number of nitrogens with one attached hydrogen (secondary N) is 1. The average Bonchev–Trinajstić information content (AvgIpc) is 3.21. The Morgan fingerprint density at radius 2 is 1.88 bits per heavy atom. The largest absolute Gasteiger partial charge is 0.298 e. The van der Waals surface area contributed by atoms with Gasteiger partial charge in [0.2, 0.25) is 0 Å². The van der Waals surface area contributed by atoms with E-state index in [1.54, 1.807) is 0 Å². The predicted octanol–water partition coefficient (Wildman–Crippen LogP) is 5.65. The van der Waals surface area contributed by atoms with Gasteiger partial charge in [-0.1, -0.05) is 41.1 Å². The van der Waals surface area contributed by atoms with Crippen LogP contribution in [0.2, 0.25) is 5.02 Å². The molecule has 33 heavy (non-hydrogen) atoms. The highest BCUT2D eigenvalue weighted by Gasteiger charge is 2.29. The first kappa shape index (κ1) is 21.9. The molecular formula is C24H20ClN3O3S2. The van der Waals surface area contributed by atoms with Crippen LogP contribution in [0.25, 0.3) is 10.2 Å². The summed E-state index contributed by atoms with van der Waals surface area (Å²) in [6.07, 6.45) is 1.63. The molecule has 0 saturated heterocycles. The summed E-state index contributed by atoms with van der Waals surface area (Å²) in [6, 6.07) is 17.2. The molecule has 2 heterocycles. The van der Waals surface area contributed by atoms with Crippen LogP contribution in [0.3, 0.4) is 0 Å². The highest BCUT2D eigenvalue weighted by molar-refractivity contribution is 7.92. The van der Waals surface area contributed by atoms with Crippen molar-refractivity contribution in [2.45, 2.75) is 24.7 Å². The van der Waals surface area contributed by atoms with Gasteiger partial charge in [-0.3, -0.25) is 14.4 Å². The number of benzene rings is 3. The predicted molar refractivity (Wildman–Crippen MR) is 133 cm³/mol. The number of rotatable bonds is 4. The number of carbonyl (C=O) groups is 1. The fourth-order valence-corrected chi connectivity index (χ4v) is 6.89. The number of carbonyl (C=O) groups excluding carboxylic acids is 1. The minimum absolute atomic E-state index is 0.154. The monoisotopic (exact) mass is 497 g/mol. The molecule has 1 aliphatic heterocycles. The van der Waals surface area contributed by atoms with E-state index < -0.39 is 10.0 Å². The first-order valence-corrected chi connectivity index (χ1v) is 13.0. The summed E-state index contributed by atoms with van der Waals surface area (Å²) in [5, 5.41) is 3.87. The van der Waals surface area contributed by atoms with E-state index in [9.17, 15) is 13.2 Å². The normalized spacial score (nSPS) is 13.7. The lowest BCUT2D eigenvalue weighted by molar-refractivity contribution is 0.102. The van der Waals surface area contributed by atoms with Gasteiger partial charge in [-0.15, -0.1) is 0 Å². The molecule has 0 spiro atoms. The SMILES string of the molecule is Cc1cc(Cl)cc2sc(NC(=O)c3ccc(S(=O)(=O)N4CCCc5ccccc54)cc3)nc12. The number of nitrogens with zero attached hydrogens (tertiary/aromatic N) is 2. The number of thiazole rings is 1. The molecule has 5 rings (SSSR count). The second kappa shape index (κ2) is 8.44. The number of para-hydroxylation sites is 1. The third-order valence-electron chi connectivity index (χ3n) is 5.64. The molecule has 0 bridgehead atoms. The van der Waals surface area contributed by atoms with Gasteiger partial charge in [-0.25, -0.2) is 13.4 Å². The summed E-state index contributed by atoms with van der Waals surface area (Å²) < 4.78 is 28.9. The highest BCUT2D eigenvalue weighted by Crippen LogP contribution is 2.33. The number of anilines is 2. The zero-order valence-electron chi connectivity index (χ0n) is 17.7. The van der Waals surface area contributed by atoms with Crippen molar-refractivity contribution in [2.75, 3.05) is 16.2 Å². The number of hydrogen-bond donors (Lipinski definition) is 1. The van der Waals surface area contributed by atoms with Gasteiger partial charge < -0.3 is 0 Å². The van der Waals surface area contributed by atoms with E-state index in [1.165, 1.54) is 39.9 Å². The molecule has 0 unspecified atom stereocenters. The van der Waals surface area contributed by atoms with Gasteiger partial charge >= 0.3 is 0 Å². The lowest BCUT2D eigenvalue weighted by Crippen LogP contribution is -2.35. The van der Waals surface area contributed by atoms with Crippen LogP contribution in [0, 0.1) is 6.92 Å². The Morgan fingerprint density at radius 3 is 2.67 bits per heavy atom. The van der Waals surface area contributed by atoms with Gasteiger partial charge in [-0.2, -0.15) is 0 Å². The third-order valence-corrected chi connectivity index (χ3v) is 8.61. The summed E-state index contributed by atoms with van der Waals surface area (Å²) in [5.41, 5.74) is 3.82. The van der Waals surface area contributed by atoms with Crippen LogP contribution in [0.1, 0.15) is 27.9 Å². The minimum Gasteiger partial charge on any atom is -0.298 e. The second-order valence-corrected chi connectivity index (χ2v) is 11.2. The topological polar surface area (TPSA) is 79.4 Å². The van der Waals surface area contributed by atoms with Gasteiger partial charge in [0.05, 0.1) is 20.8 Å². The van der Waals surface area contributed by atoms with Crippen molar-refractivity contribution in [3.8, 4) is 0 Å². The van der Waals surface area contributed by atoms with Crippen molar-refractivity contribution in [2.24, 2.45) is 0 Å². The molecule has 0 saturated carbocycles. The molecule has 1 amide bonds. The molecule has 1 N–H and O–H groups in total. The minimum atomic E-state index is -3.72. The van der Waals surface area contributed by atoms with E-state index in [1.807, 2.05) is 43.3 Å². The zero-order valence-corrected chi connectivity index (χ0v) is 20.1. The van der Waals surface area contributed by atoms with E-state index in [0.29, 0.717) is 22.3 Å². The van der Waals surface area contributed by atoms with E-state index in [0.717, 1.165) is 39.9 Å². The second-order valence-electron chi connectivity index (χ2n) is 7.88. The Hall–Kier alpha value is -2.94. The summed E-state index contributed by atoms with van der Waals surface area (Å²) in [6.45, 7) is 2.35. The zero-order chi connectivity index (χ0) is 23.2. The van der Waals surface area contributed by atoms with Gasteiger partial charge in [0.25, 0.3) is 15.9 Å². The summed E-state index contributed by atoms with van der Waals surface area (Å²) in [7, 11) is -3.72. The van der Waals surface area contributed by atoms with Crippen molar-refractivity contribution in [1.82, 2.24) is 4.98 Å². The number of hydrogen-bond acceptors (Lipinski definition) is 5. The number of aromatic nitrogens is 1. The van der Waals surface area contributed by atoms with Crippen molar-refractivity contribution < 1.29 is 13.2 Å². The summed E-state index contributed by atoms with van der Waals surface area (Å²) >= 11 is 7.45. The summed E-state index contributed by atoms with van der Waals surface area (Å²) in [5.74, 6) is -0.356. The lowest BCUT2D eigenvalue weighted by Gasteiger charge is -2.30. The molecular weight excluding hydrogens is 478 g/mol. The molecule has 0 radical (unpaired) electrons. The quantitative estimate of drug-likeness (QED) is 0.395. The Kier molecular flexibility index (Phi) is 5.60. The highest BCUT2D eigenvalue weighted by atomic mass is 35.5. The van der Waals surface area contributed by atoms with E-state index >= 15 is 0 Å². The van der Waals surface area contributed by atoms with Crippen molar-refractivity contribution in [3.05, 3.63) is 82.4 Å². The maximum Gasteiger partial charge on any atom is 0.264 e. The van der Waals surface area contributed by atoms with Crippen molar-refractivity contribution in [3.63, 3.8) is 0 Å². The number of aryl methyl sites for hydroxylation is 2. The molecule has 9 heteroatoms. The van der Waals surface area contributed by atoms with E-state index in [4.69, 9.17) is 11.6 Å². The summed E-state index contributed by atoms with van der Waals surface area (Å²) in [4.78, 5) is 17.4. The molecule has 4 aromatic rings. The molecule has 0 fully saturated rings. The Balaban J connectivity index is 1.37. The van der Waals surface area contributed by atoms with Gasteiger partial charge in [0.15, 0.2) is 5.13 Å². The fraction of sp³-hybridized carbons (Fsp3) is 0.167. The van der Waals surface area contributed by atoms with Gasteiger partial charge in [0.1, 0.15) is 0 Å². The maximum absolute atomic E-state index is 13.3. The number of sulfonamides is 1. The Labute approximate surface area is 200 Å². The molecule has 3 aromatic carbocycles. The van der Waals surface area contributed by atoms with E-state index in [2.05, 4.69) is 10.3 Å². The fourth-order valence-electron chi connectivity index (χ4n) is 4.03. The van der Waals surface area contributed by atoms with Crippen LogP contribution in [0.4, 0.5) is 10.8 Å². The Bertz CT molecular complexity index is 1480. The van der Waals surface area contributed by atoms with Crippen LogP contribution >= 0.6 is 22.9 Å². The molecule has 168 valence electrons. The maximum atomic E-state index is 13.3. The number of amides is 1. The third kappa shape index (κ3) is 4.10. The first-order chi connectivity index (χ1) is 15.8. The molecule has 0 atom stereocenters. The number of halogens is 1. The molecule has 1 aromatic heterocycles. The smallest absolute Gasteiger partial charge is 0.264 e. The molecule has 1 aliphatic rings. The molecule has 0 aliphatic carbocycles. The standard InChI is InChI=1S/C24H20ClN3O3S2/c1-15-13-18(25)14-21-22(15)26-24(32-21)27-23(29)17-8-10-19(11-9-17)33(30,31)28-12-4-6-16-5-2-3-7-20(16)28/h2-3,5,7-11,13-14H,4,6,12H2,1H3,(H,26,27,29). The van der Waals surface area contributed by atoms with Gasteiger partial charge in [0, 0.05) is 17.1 Å². The van der Waals surface area contributed by atoms with E-state index in [-0.39, 0.29) is 10.8 Å². The van der Waals surface area contributed by atoms with Crippen LogP contribution in [-0.2, 0) is 16.4 Å². The molecule has 6 nitrogen and oxygen atoms in total. The van der Waals surface area contributed by atoms with Crippen LogP contribution in [-0.4, -0.2) is 25.9 Å². The number of fused-ring (bicyclic) bond motifs is 2. The average molecular weight is 498 g/mol.